The fraction of sp³-hybridized carbons (Fsp3) is 0.133. The van der Waals surface area contributed by atoms with Crippen molar-refractivity contribution in [2.75, 3.05) is 13.2 Å². The molecular formula is C15H10Cl3NO2. The van der Waals surface area contributed by atoms with Gasteiger partial charge in [0.2, 0.25) is 0 Å². The van der Waals surface area contributed by atoms with E-state index in [1.807, 2.05) is 6.07 Å². The van der Waals surface area contributed by atoms with Crippen LogP contribution in [0.5, 0.6) is 11.5 Å². The van der Waals surface area contributed by atoms with Gasteiger partial charge in [0, 0.05) is 10.0 Å². The van der Waals surface area contributed by atoms with Crippen LogP contribution in [0.25, 0.3) is 0 Å². The van der Waals surface area contributed by atoms with E-state index in [-0.39, 0.29) is 13.2 Å². The Morgan fingerprint density at radius 2 is 1.43 bits per heavy atom. The molecule has 0 saturated heterocycles. The van der Waals surface area contributed by atoms with Crippen LogP contribution in [-0.4, -0.2) is 13.2 Å². The van der Waals surface area contributed by atoms with Crippen LogP contribution < -0.4 is 9.47 Å². The van der Waals surface area contributed by atoms with Crippen LogP contribution in [0.1, 0.15) is 5.56 Å². The lowest BCUT2D eigenvalue weighted by Crippen LogP contribution is -2.09. The summed E-state index contributed by atoms with van der Waals surface area (Å²) >= 11 is 17.6. The van der Waals surface area contributed by atoms with Crippen molar-refractivity contribution in [2.45, 2.75) is 0 Å². The van der Waals surface area contributed by atoms with Crippen molar-refractivity contribution in [3.8, 4) is 17.6 Å². The molecule has 2 aromatic rings. The van der Waals surface area contributed by atoms with Crippen LogP contribution in [0.4, 0.5) is 0 Å². The largest absolute Gasteiger partial charge is 0.489 e. The molecule has 0 saturated carbocycles. The molecule has 0 spiro atoms. The van der Waals surface area contributed by atoms with Gasteiger partial charge < -0.3 is 9.47 Å². The number of ether oxygens (including phenoxy) is 2. The number of halogens is 3. The van der Waals surface area contributed by atoms with E-state index in [1.165, 1.54) is 0 Å². The maximum atomic E-state index is 8.99. The first-order chi connectivity index (χ1) is 10.1. The smallest absolute Gasteiger partial charge is 0.138 e. The summed E-state index contributed by atoms with van der Waals surface area (Å²) in [7, 11) is 0. The maximum absolute atomic E-state index is 8.99. The van der Waals surface area contributed by atoms with E-state index >= 15 is 0 Å². The minimum Gasteiger partial charge on any atom is -0.489 e. The molecule has 6 heteroatoms. The van der Waals surface area contributed by atoms with Crippen LogP contribution >= 0.6 is 34.8 Å². The molecule has 2 rings (SSSR count). The highest BCUT2D eigenvalue weighted by molar-refractivity contribution is 6.35. The molecule has 3 nitrogen and oxygen atoms in total. The summed E-state index contributed by atoms with van der Waals surface area (Å²) in [5.41, 5.74) is 0.382. The van der Waals surface area contributed by atoms with E-state index in [0.29, 0.717) is 32.1 Å². The second-order valence-corrected chi connectivity index (χ2v) is 5.30. The molecule has 0 N–H and O–H groups in total. The van der Waals surface area contributed by atoms with Crippen molar-refractivity contribution < 1.29 is 9.47 Å². The zero-order chi connectivity index (χ0) is 15.2. The second kappa shape index (κ2) is 7.42. The molecular weight excluding hydrogens is 333 g/mol. The van der Waals surface area contributed by atoms with Gasteiger partial charge in [-0.2, -0.15) is 5.26 Å². The maximum Gasteiger partial charge on any atom is 0.138 e. The van der Waals surface area contributed by atoms with Gasteiger partial charge in [-0.15, -0.1) is 0 Å². The number of nitrogens with zero attached hydrogens (tertiary/aromatic N) is 1. The summed E-state index contributed by atoms with van der Waals surface area (Å²) < 4.78 is 11.0. The monoisotopic (exact) mass is 341 g/mol. The van der Waals surface area contributed by atoms with Crippen LogP contribution in [0.15, 0.2) is 36.4 Å². The average Bonchev–Trinajstić information content (AvgIpc) is 2.46. The topological polar surface area (TPSA) is 42.2 Å². The predicted molar refractivity (Wildman–Crippen MR) is 83.6 cm³/mol. The number of rotatable bonds is 5. The average molecular weight is 343 g/mol. The summed E-state index contributed by atoms with van der Waals surface area (Å²) in [6, 6.07) is 11.9. The molecule has 2 aromatic carbocycles. The summed E-state index contributed by atoms with van der Waals surface area (Å²) in [4.78, 5) is 0. The minimum atomic E-state index is 0.273. The van der Waals surface area contributed by atoms with Crippen molar-refractivity contribution in [3.63, 3.8) is 0 Å². The Morgan fingerprint density at radius 1 is 0.857 bits per heavy atom. The summed E-state index contributed by atoms with van der Waals surface area (Å²) in [5, 5.41) is 10.5. The van der Waals surface area contributed by atoms with E-state index in [1.54, 1.807) is 36.4 Å². The summed E-state index contributed by atoms with van der Waals surface area (Å²) in [5.74, 6) is 0.994. The minimum absolute atomic E-state index is 0.273. The lowest BCUT2D eigenvalue weighted by molar-refractivity contribution is 0.217. The van der Waals surface area contributed by atoms with Crippen molar-refractivity contribution in [2.24, 2.45) is 0 Å². The highest BCUT2D eigenvalue weighted by Crippen LogP contribution is 2.27. The van der Waals surface area contributed by atoms with Crippen LogP contribution in [-0.2, 0) is 0 Å². The molecule has 0 radical (unpaired) electrons. The first-order valence-corrected chi connectivity index (χ1v) is 7.14. The molecule has 0 amide bonds. The van der Waals surface area contributed by atoms with Gasteiger partial charge in [-0.25, -0.2) is 0 Å². The van der Waals surface area contributed by atoms with Crippen molar-refractivity contribution in [3.05, 3.63) is 57.0 Å². The van der Waals surface area contributed by atoms with Gasteiger partial charge in [-0.05, 0) is 36.4 Å². The van der Waals surface area contributed by atoms with Gasteiger partial charge in [0.15, 0.2) is 0 Å². The molecule has 0 aliphatic rings. The first kappa shape index (κ1) is 15.8. The SMILES string of the molecule is N#Cc1cc(Cl)ccc1OCCOc1ccc(Cl)cc1Cl. The highest BCUT2D eigenvalue weighted by Gasteiger charge is 2.05. The fourth-order valence-corrected chi connectivity index (χ4v) is 2.25. The zero-order valence-electron chi connectivity index (χ0n) is 10.8. The molecule has 0 fully saturated rings. The van der Waals surface area contributed by atoms with Crippen LogP contribution in [0.3, 0.4) is 0 Å². The molecule has 0 heterocycles. The third kappa shape index (κ3) is 4.44. The molecule has 0 atom stereocenters. The molecule has 0 aromatic heterocycles. The van der Waals surface area contributed by atoms with E-state index in [2.05, 4.69) is 0 Å². The number of hydrogen-bond acceptors (Lipinski definition) is 3. The zero-order valence-corrected chi connectivity index (χ0v) is 13.0. The van der Waals surface area contributed by atoms with Crippen LogP contribution in [0, 0.1) is 11.3 Å². The Morgan fingerprint density at radius 3 is 2.05 bits per heavy atom. The van der Waals surface area contributed by atoms with Gasteiger partial charge in [-0.3, -0.25) is 0 Å². The summed E-state index contributed by atoms with van der Waals surface area (Å²) in [6.45, 7) is 0.560. The number of nitriles is 1. The van der Waals surface area contributed by atoms with Gasteiger partial charge in [0.05, 0.1) is 10.6 Å². The van der Waals surface area contributed by atoms with Gasteiger partial charge in [-0.1, -0.05) is 34.8 Å². The summed E-state index contributed by atoms with van der Waals surface area (Å²) in [6.07, 6.45) is 0. The second-order valence-electron chi connectivity index (χ2n) is 4.02. The van der Waals surface area contributed by atoms with Gasteiger partial charge in [0.1, 0.15) is 30.8 Å². The standard InChI is InChI=1S/C15H10Cl3NO2/c16-11-1-3-14(10(7-11)9-19)20-5-6-21-15-4-2-12(17)8-13(15)18/h1-4,7-8H,5-6H2. The van der Waals surface area contributed by atoms with Crippen LogP contribution in [0.2, 0.25) is 15.1 Å². The molecule has 21 heavy (non-hydrogen) atoms. The Kier molecular flexibility index (Phi) is 5.58. The Labute approximate surface area is 137 Å². The Bertz CT molecular complexity index is 683. The van der Waals surface area contributed by atoms with Gasteiger partial charge in [0.25, 0.3) is 0 Å². The first-order valence-electron chi connectivity index (χ1n) is 6.00. The Balaban J connectivity index is 1.89. The molecule has 108 valence electrons. The molecule has 0 aliphatic carbocycles. The lowest BCUT2D eigenvalue weighted by atomic mass is 10.2. The Hall–Kier alpha value is -1.60. The van der Waals surface area contributed by atoms with E-state index in [0.717, 1.165) is 0 Å². The fourth-order valence-electron chi connectivity index (χ4n) is 1.61. The molecule has 0 aliphatic heterocycles. The lowest BCUT2D eigenvalue weighted by Gasteiger charge is -2.10. The molecule has 0 bridgehead atoms. The van der Waals surface area contributed by atoms with E-state index < -0.39 is 0 Å². The van der Waals surface area contributed by atoms with Gasteiger partial charge >= 0.3 is 0 Å². The third-order valence-corrected chi connectivity index (χ3v) is 3.32. The van der Waals surface area contributed by atoms with Crippen molar-refractivity contribution in [1.29, 1.82) is 5.26 Å². The normalized spacial score (nSPS) is 10.0. The quantitative estimate of drug-likeness (QED) is 0.720. The predicted octanol–water partition coefficient (Wildman–Crippen LogP) is 4.98. The van der Waals surface area contributed by atoms with E-state index in [4.69, 9.17) is 49.5 Å². The third-order valence-electron chi connectivity index (χ3n) is 2.55. The van der Waals surface area contributed by atoms with Crippen molar-refractivity contribution in [1.82, 2.24) is 0 Å². The number of hydrogen-bond donors (Lipinski definition) is 0. The number of benzene rings is 2. The van der Waals surface area contributed by atoms with E-state index in [9.17, 15) is 0 Å². The van der Waals surface area contributed by atoms with Crippen molar-refractivity contribution >= 4 is 34.8 Å². The molecule has 0 unspecified atom stereocenters. The highest BCUT2D eigenvalue weighted by atomic mass is 35.5.